The zero-order valence-corrected chi connectivity index (χ0v) is 26.1. The molecule has 0 fully saturated rings. The van der Waals surface area contributed by atoms with Crippen LogP contribution in [-0.2, 0) is 16.1 Å². The molecule has 232 valence electrons. The molecular weight excluding hydrogens is 603 g/mol. The minimum atomic E-state index is -0.346. The highest BCUT2D eigenvalue weighted by Crippen LogP contribution is 2.50. The molecule has 46 heavy (non-hydrogen) atoms. The molecule has 0 spiro atoms. The van der Waals surface area contributed by atoms with Crippen LogP contribution >= 0.6 is 11.8 Å². The third-order valence-corrected chi connectivity index (χ3v) is 9.38. The molecule has 0 aliphatic carbocycles. The number of nitrogens with one attached hydrogen (secondary N) is 1. The number of hydrogen-bond donors (Lipinski definition) is 1. The molecule has 0 saturated heterocycles. The van der Waals surface area contributed by atoms with E-state index >= 15 is 0 Å². The molecular formula is C36H31FN4O4S. The molecule has 0 saturated carbocycles. The second-order valence-corrected chi connectivity index (χ2v) is 12.4. The van der Waals surface area contributed by atoms with E-state index < -0.39 is 0 Å². The predicted octanol–water partition coefficient (Wildman–Crippen LogP) is 6.51. The summed E-state index contributed by atoms with van der Waals surface area (Å²) in [6.45, 7) is 4.19. The summed E-state index contributed by atoms with van der Waals surface area (Å²) in [4.78, 5) is 29.1. The van der Waals surface area contributed by atoms with Gasteiger partial charge in [-0.3, -0.25) is 14.5 Å². The molecule has 5 aromatic rings. The van der Waals surface area contributed by atoms with Gasteiger partial charge in [0.15, 0.2) is 11.5 Å². The van der Waals surface area contributed by atoms with Crippen molar-refractivity contribution in [2.24, 2.45) is 0 Å². The third-order valence-electron chi connectivity index (χ3n) is 8.12. The lowest BCUT2D eigenvalue weighted by molar-refractivity contribution is -0.123. The van der Waals surface area contributed by atoms with E-state index in [4.69, 9.17) is 14.6 Å². The first-order valence-electron chi connectivity index (χ1n) is 14.9. The lowest BCUT2D eigenvalue weighted by Crippen LogP contribution is -2.42. The van der Waals surface area contributed by atoms with Crippen molar-refractivity contribution in [3.63, 3.8) is 0 Å². The number of aryl methyl sites for hydroxylation is 2. The van der Waals surface area contributed by atoms with E-state index in [0.717, 1.165) is 44.8 Å². The molecule has 7 rings (SSSR count). The number of aromatic nitrogens is 2. The Hall–Kier alpha value is -5.09. The second kappa shape index (κ2) is 12.4. The molecule has 3 heterocycles. The largest absolute Gasteiger partial charge is 0.454 e. The van der Waals surface area contributed by atoms with Crippen LogP contribution in [0.1, 0.15) is 33.1 Å². The first kappa shape index (κ1) is 29.6. The number of anilines is 1. The van der Waals surface area contributed by atoms with Gasteiger partial charge in [0, 0.05) is 17.7 Å². The lowest BCUT2D eigenvalue weighted by atomic mass is 9.99. The Morgan fingerprint density at radius 3 is 2.54 bits per heavy atom. The fourth-order valence-corrected chi connectivity index (χ4v) is 7.07. The van der Waals surface area contributed by atoms with E-state index in [2.05, 4.69) is 11.4 Å². The summed E-state index contributed by atoms with van der Waals surface area (Å²) in [7, 11) is 0. The third kappa shape index (κ3) is 5.72. The van der Waals surface area contributed by atoms with E-state index in [-0.39, 0.29) is 48.5 Å². The average molecular weight is 635 g/mol. The van der Waals surface area contributed by atoms with Crippen molar-refractivity contribution in [3.05, 3.63) is 125 Å². The minimum Gasteiger partial charge on any atom is -0.454 e. The number of benzene rings is 4. The van der Waals surface area contributed by atoms with Crippen LogP contribution < -0.4 is 19.7 Å². The summed E-state index contributed by atoms with van der Waals surface area (Å²) in [5, 5.41) is 7.79. The topological polar surface area (TPSA) is 85.7 Å². The van der Waals surface area contributed by atoms with Crippen LogP contribution in [0.3, 0.4) is 0 Å². The van der Waals surface area contributed by atoms with Crippen molar-refractivity contribution in [1.29, 1.82) is 0 Å². The van der Waals surface area contributed by atoms with Crippen LogP contribution in [0.25, 0.3) is 16.9 Å². The lowest BCUT2D eigenvalue weighted by Gasteiger charge is -2.24. The van der Waals surface area contributed by atoms with Gasteiger partial charge in [0.25, 0.3) is 0 Å². The van der Waals surface area contributed by atoms with Crippen molar-refractivity contribution < 1.29 is 23.5 Å². The first-order chi connectivity index (χ1) is 22.4. The number of carbonyl (C=O) groups is 2. The standard InChI is InChI=1S/C36H31FN4O4S/c1-22-8-14-28(23(2)16-22)41-36-33(34(39-41)25-6-4-3-5-7-25)35(26-11-15-29-30(17-26)45-21-44-29)46-20-32(43)40(36)19-31(42)38-18-24-9-12-27(37)13-10-24/h3-17,35H,18-21H2,1-2H3,(H,38,42). The number of nitrogens with zero attached hydrogens (tertiary/aromatic N) is 3. The summed E-state index contributed by atoms with van der Waals surface area (Å²) in [6.07, 6.45) is 0. The number of fused-ring (bicyclic) bond motifs is 2. The van der Waals surface area contributed by atoms with Crippen LogP contribution in [0.5, 0.6) is 11.5 Å². The van der Waals surface area contributed by atoms with Gasteiger partial charge < -0.3 is 14.8 Å². The molecule has 4 aromatic carbocycles. The molecule has 2 aliphatic heterocycles. The molecule has 2 amide bonds. The van der Waals surface area contributed by atoms with Gasteiger partial charge in [-0.25, -0.2) is 9.07 Å². The quantitative estimate of drug-likeness (QED) is 0.220. The molecule has 1 atom stereocenters. The van der Waals surface area contributed by atoms with Crippen molar-refractivity contribution in [3.8, 4) is 28.4 Å². The van der Waals surface area contributed by atoms with Gasteiger partial charge in [-0.1, -0.05) is 66.2 Å². The normalized spacial score (nSPS) is 15.4. The van der Waals surface area contributed by atoms with E-state index in [9.17, 15) is 14.0 Å². The highest BCUT2D eigenvalue weighted by atomic mass is 32.2. The fourth-order valence-electron chi connectivity index (χ4n) is 5.88. The number of ether oxygens (including phenoxy) is 2. The van der Waals surface area contributed by atoms with E-state index in [1.165, 1.54) is 23.9 Å². The van der Waals surface area contributed by atoms with Crippen molar-refractivity contribution >= 4 is 29.4 Å². The molecule has 1 aromatic heterocycles. The Morgan fingerprint density at radius 2 is 1.76 bits per heavy atom. The van der Waals surface area contributed by atoms with Gasteiger partial charge in [0.2, 0.25) is 18.6 Å². The molecule has 1 unspecified atom stereocenters. The van der Waals surface area contributed by atoms with Crippen molar-refractivity contribution in [2.45, 2.75) is 25.6 Å². The summed E-state index contributed by atoms with van der Waals surface area (Å²) in [5.41, 5.74) is 7.02. The number of hydrogen-bond acceptors (Lipinski definition) is 6. The first-order valence-corrected chi connectivity index (χ1v) is 16.0. The van der Waals surface area contributed by atoms with Gasteiger partial charge in [0.1, 0.15) is 18.2 Å². The number of rotatable bonds is 7. The zero-order valence-electron chi connectivity index (χ0n) is 25.3. The second-order valence-electron chi connectivity index (χ2n) is 11.3. The van der Waals surface area contributed by atoms with Gasteiger partial charge >= 0.3 is 0 Å². The highest BCUT2D eigenvalue weighted by molar-refractivity contribution is 8.00. The Balaban J connectivity index is 1.39. The smallest absolute Gasteiger partial charge is 0.240 e. The Labute approximate surface area is 270 Å². The summed E-state index contributed by atoms with van der Waals surface area (Å²) in [5.74, 6) is 1.10. The fraction of sp³-hybridized carbons (Fsp3) is 0.194. The van der Waals surface area contributed by atoms with Crippen LogP contribution in [0.15, 0.2) is 91.0 Å². The average Bonchev–Trinajstić information content (AvgIpc) is 3.66. The molecule has 0 bridgehead atoms. The maximum atomic E-state index is 14.1. The molecule has 2 aliphatic rings. The van der Waals surface area contributed by atoms with Crippen LogP contribution in [0.2, 0.25) is 0 Å². The van der Waals surface area contributed by atoms with Crippen molar-refractivity contribution in [2.75, 3.05) is 24.0 Å². The van der Waals surface area contributed by atoms with E-state index in [1.54, 1.807) is 17.0 Å². The van der Waals surface area contributed by atoms with Gasteiger partial charge in [-0.15, -0.1) is 11.8 Å². The highest BCUT2D eigenvalue weighted by Gasteiger charge is 2.38. The van der Waals surface area contributed by atoms with Crippen LogP contribution in [0.4, 0.5) is 10.2 Å². The van der Waals surface area contributed by atoms with Gasteiger partial charge in [-0.05, 0) is 60.9 Å². The Morgan fingerprint density at radius 1 is 0.978 bits per heavy atom. The Bertz CT molecular complexity index is 1940. The van der Waals surface area contributed by atoms with Crippen molar-refractivity contribution in [1.82, 2.24) is 15.1 Å². The van der Waals surface area contributed by atoms with Crippen LogP contribution in [-0.4, -0.2) is 40.7 Å². The van der Waals surface area contributed by atoms with E-state index in [0.29, 0.717) is 17.3 Å². The Kier molecular flexibility index (Phi) is 7.96. The maximum absolute atomic E-state index is 14.1. The molecule has 1 N–H and O–H groups in total. The number of thioether (sulfide) groups is 1. The van der Waals surface area contributed by atoms with Crippen LogP contribution in [0, 0.1) is 19.7 Å². The number of halogens is 1. The van der Waals surface area contributed by atoms with E-state index in [1.807, 2.05) is 79.2 Å². The minimum absolute atomic E-state index is 0.139. The summed E-state index contributed by atoms with van der Waals surface area (Å²) in [6, 6.07) is 27.8. The molecule has 8 nitrogen and oxygen atoms in total. The molecule has 0 radical (unpaired) electrons. The maximum Gasteiger partial charge on any atom is 0.240 e. The number of amides is 2. The zero-order chi connectivity index (χ0) is 31.8. The monoisotopic (exact) mass is 634 g/mol. The predicted molar refractivity (Wildman–Crippen MR) is 176 cm³/mol. The SMILES string of the molecule is Cc1ccc(-n2nc(-c3ccccc3)c3c2N(CC(=O)NCc2ccc(F)cc2)C(=O)CSC3c2ccc3c(c2)OCO3)c(C)c1. The summed E-state index contributed by atoms with van der Waals surface area (Å²) >= 11 is 1.49. The van der Waals surface area contributed by atoms with Gasteiger partial charge in [-0.2, -0.15) is 5.10 Å². The summed E-state index contributed by atoms with van der Waals surface area (Å²) < 4.78 is 26.6. The number of carbonyl (C=O) groups excluding carboxylic acids is 2. The van der Waals surface area contributed by atoms with Gasteiger partial charge in [0.05, 0.1) is 22.4 Å². The molecule has 10 heteroatoms.